The molecule has 0 saturated carbocycles. The molecule has 0 radical (unpaired) electrons. The second-order valence-electron chi connectivity index (χ2n) is 6.96. The molecule has 0 unspecified atom stereocenters. The lowest BCUT2D eigenvalue weighted by Crippen LogP contribution is -2.33. The number of fused-ring (bicyclic) bond motifs is 1. The van der Waals surface area contributed by atoms with Crippen molar-refractivity contribution in [3.05, 3.63) is 65.2 Å². The fourth-order valence-electron chi connectivity index (χ4n) is 4.08. The van der Waals surface area contributed by atoms with Crippen LogP contribution in [0.25, 0.3) is 0 Å². The van der Waals surface area contributed by atoms with Crippen molar-refractivity contribution in [2.75, 3.05) is 11.4 Å². The van der Waals surface area contributed by atoms with E-state index in [9.17, 15) is 9.59 Å². The number of carboxylic acid groups (broad SMARTS) is 1. The van der Waals surface area contributed by atoms with Crippen LogP contribution in [0, 0.1) is 5.41 Å². The molecule has 1 spiro atoms. The Morgan fingerprint density at radius 3 is 2.58 bits per heavy atom. The van der Waals surface area contributed by atoms with Crippen molar-refractivity contribution in [1.29, 1.82) is 0 Å². The smallest absolute Gasteiger partial charge is 0.335 e. The monoisotopic (exact) mass is 321 g/mol. The minimum atomic E-state index is -0.885. The maximum atomic E-state index is 12.6. The number of aryl methyl sites for hydroxylation is 1. The van der Waals surface area contributed by atoms with Gasteiger partial charge in [0, 0.05) is 24.1 Å². The van der Waals surface area contributed by atoms with Crippen LogP contribution in [-0.2, 0) is 17.6 Å². The van der Waals surface area contributed by atoms with Crippen LogP contribution in [0.5, 0.6) is 0 Å². The lowest BCUT2D eigenvalue weighted by molar-refractivity contribution is -0.117. The number of hydrogen-bond acceptors (Lipinski definition) is 2. The van der Waals surface area contributed by atoms with E-state index in [0.717, 1.165) is 37.1 Å². The standard InChI is InChI=1S/C20H19NO3/c22-18-12-20(13-21(18)17-4-2-1-3-5-17)9-8-14-10-15(19(23)24)6-7-16(14)11-20/h1-7,10H,8-9,11-13H2,(H,23,24)/t20-/m1/s1. The minimum absolute atomic E-state index is 0.0231. The van der Waals surface area contributed by atoms with Gasteiger partial charge in [0.1, 0.15) is 0 Å². The molecule has 1 saturated heterocycles. The SMILES string of the molecule is O=C(O)c1ccc2c(c1)CC[C@]1(CC(=O)N(c3ccccc3)C1)C2. The molecule has 1 N–H and O–H groups in total. The Morgan fingerprint density at radius 1 is 1.04 bits per heavy atom. The van der Waals surface area contributed by atoms with Gasteiger partial charge in [-0.3, -0.25) is 4.79 Å². The Hall–Kier alpha value is -2.62. The molecule has 0 bridgehead atoms. The van der Waals surface area contributed by atoms with Gasteiger partial charge in [-0.25, -0.2) is 4.79 Å². The number of nitrogens with zero attached hydrogens (tertiary/aromatic N) is 1. The fourth-order valence-corrected chi connectivity index (χ4v) is 4.08. The Kier molecular flexibility index (Phi) is 3.41. The average Bonchev–Trinajstić information content (AvgIpc) is 2.91. The van der Waals surface area contributed by atoms with Crippen molar-refractivity contribution in [2.45, 2.75) is 25.7 Å². The number of carbonyl (C=O) groups is 2. The molecule has 2 aromatic rings. The average molecular weight is 321 g/mol. The second-order valence-corrected chi connectivity index (χ2v) is 6.96. The predicted octanol–water partition coefficient (Wildman–Crippen LogP) is 3.30. The van der Waals surface area contributed by atoms with E-state index in [2.05, 4.69) is 0 Å². The topological polar surface area (TPSA) is 57.6 Å². The molecule has 1 aliphatic carbocycles. The number of benzene rings is 2. The molecule has 2 aliphatic rings. The third-order valence-electron chi connectivity index (χ3n) is 5.33. The highest BCUT2D eigenvalue weighted by Gasteiger charge is 2.45. The van der Waals surface area contributed by atoms with Crippen molar-refractivity contribution >= 4 is 17.6 Å². The summed E-state index contributed by atoms with van der Waals surface area (Å²) in [5.41, 5.74) is 3.59. The molecular formula is C20H19NO3. The first kappa shape index (κ1) is 14.9. The molecule has 1 fully saturated rings. The van der Waals surface area contributed by atoms with Gasteiger partial charge >= 0.3 is 5.97 Å². The molecule has 1 aliphatic heterocycles. The van der Waals surface area contributed by atoms with Gasteiger partial charge in [0.25, 0.3) is 0 Å². The van der Waals surface area contributed by atoms with Gasteiger partial charge in [-0.15, -0.1) is 0 Å². The van der Waals surface area contributed by atoms with Crippen molar-refractivity contribution < 1.29 is 14.7 Å². The summed E-state index contributed by atoms with van der Waals surface area (Å²) in [6.07, 6.45) is 3.18. The molecule has 1 atom stereocenters. The molecule has 4 heteroatoms. The summed E-state index contributed by atoms with van der Waals surface area (Å²) < 4.78 is 0. The van der Waals surface area contributed by atoms with E-state index in [1.54, 1.807) is 12.1 Å². The van der Waals surface area contributed by atoms with Crippen LogP contribution in [0.4, 0.5) is 5.69 Å². The molecule has 4 rings (SSSR count). The summed E-state index contributed by atoms with van der Waals surface area (Å²) in [5, 5.41) is 9.14. The van der Waals surface area contributed by atoms with Gasteiger partial charge in [0.2, 0.25) is 5.91 Å². The quantitative estimate of drug-likeness (QED) is 0.923. The van der Waals surface area contributed by atoms with Gasteiger partial charge < -0.3 is 10.0 Å². The molecule has 0 aromatic heterocycles. The second kappa shape index (κ2) is 5.48. The number of amides is 1. The Morgan fingerprint density at radius 2 is 1.83 bits per heavy atom. The molecule has 2 aromatic carbocycles. The van der Waals surface area contributed by atoms with Crippen molar-refractivity contribution in [1.82, 2.24) is 0 Å². The summed E-state index contributed by atoms with van der Waals surface area (Å²) in [7, 11) is 0. The van der Waals surface area contributed by atoms with E-state index in [4.69, 9.17) is 5.11 Å². The highest BCUT2D eigenvalue weighted by Crippen LogP contribution is 2.44. The van der Waals surface area contributed by atoms with Gasteiger partial charge in [-0.2, -0.15) is 0 Å². The molecule has 122 valence electrons. The third kappa shape index (κ3) is 2.48. The zero-order valence-corrected chi connectivity index (χ0v) is 13.4. The largest absolute Gasteiger partial charge is 0.478 e. The van der Waals surface area contributed by atoms with Crippen molar-refractivity contribution in [3.8, 4) is 0 Å². The molecule has 24 heavy (non-hydrogen) atoms. The number of carbonyl (C=O) groups excluding carboxylic acids is 1. The lowest BCUT2D eigenvalue weighted by Gasteiger charge is -2.34. The van der Waals surface area contributed by atoms with Crippen LogP contribution < -0.4 is 4.90 Å². The third-order valence-corrected chi connectivity index (χ3v) is 5.33. The number of rotatable bonds is 2. The van der Waals surface area contributed by atoms with Crippen LogP contribution in [-0.4, -0.2) is 23.5 Å². The lowest BCUT2D eigenvalue weighted by atomic mass is 9.71. The van der Waals surface area contributed by atoms with Gasteiger partial charge in [0.05, 0.1) is 5.56 Å². The summed E-state index contributed by atoms with van der Waals surface area (Å²) in [6.45, 7) is 0.746. The highest BCUT2D eigenvalue weighted by atomic mass is 16.4. The van der Waals surface area contributed by atoms with Crippen LogP contribution in [0.1, 0.15) is 34.3 Å². The first-order valence-corrected chi connectivity index (χ1v) is 8.27. The maximum Gasteiger partial charge on any atom is 0.335 e. The van der Waals surface area contributed by atoms with Crippen LogP contribution in [0.3, 0.4) is 0 Å². The van der Waals surface area contributed by atoms with Crippen molar-refractivity contribution in [2.24, 2.45) is 5.41 Å². The first-order chi connectivity index (χ1) is 11.6. The van der Waals surface area contributed by atoms with Crippen LogP contribution in [0.2, 0.25) is 0 Å². The van der Waals surface area contributed by atoms with Gasteiger partial charge in [-0.05, 0) is 54.7 Å². The van der Waals surface area contributed by atoms with Crippen LogP contribution in [0.15, 0.2) is 48.5 Å². The normalized spacial score (nSPS) is 22.7. The maximum absolute atomic E-state index is 12.6. The molecule has 1 heterocycles. The first-order valence-electron chi connectivity index (χ1n) is 8.27. The van der Waals surface area contributed by atoms with E-state index in [0.29, 0.717) is 12.0 Å². The van der Waals surface area contributed by atoms with E-state index in [1.807, 2.05) is 41.3 Å². The van der Waals surface area contributed by atoms with E-state index in [1.165, 1.54) is 5.56 Å². The zero-order valence-electron chi connectivity index (χ0n) is 13.4. The summed E-state index contributed by atoms with van der Waals surface area (Å²) in [5.74, 6) is -0.698. The predicted molar refractivity (Wildman–Crippen MR) is 91.3 cm³/mol. The van der Waals surface area contributed by atoms with Gasteiger partial charge in [0.15, 0.2) is 0 Å². The highest BCUT2D eigenvalue weighted by molar-refractivity contribution is 5.96. The summed E-state index contributed by atoms with van der Waals surface area (Å²) >= 11 is 0. The molecule has 4 nitrogen and oxygen atoms in total. The fraction of sp³-hybridized carbons (Fsp3) is 0.300. The van der Waals surface area contributed by atoms with Crippen molar-refractivity contribution in [3.63, 3.8) is 0 Å². The van der Waals surface area contributed by atoms with E-state index < -0.39 is 5.97 Å². The van der Waals surface area contributed by atoms with Gasteiger partial charge in [-0.1, -0.05) is 24.3 Å². The molecule has 1 amide bonds. The number of aromatic carboxylic acids is 1. The van der Waals surface area contributed by atoms with Crippen LogP contribution >= 0.6 is 0 Å². The number of para-hydroxylation sites is 1. The Bertz CT molecular complexity index is 815. The summed E-state index contributed by atoms with van der Waals surface area (Å²) in [4.78, 5) is 25.6. The number of carboxylic acids is 1. The number of hydrogen-bond donors (Lipinski definition) is 1. The Balaban J connectivity index is 1.60. The van der Waals surface area contributed by atoms with E-state index in [-0.39, 0.29) is 11.3 Å². The Labute approximate surface area is 140 Å². The minimum Gasteiger partial charge on any atom is -0.478 e. The summed E-state index contributed by atoms with van der Waals surface area (Å²) in [6, 6.07) is 15.2. The zero-order chi connectivity index (χ0) is 16.7. The number of anilines is 1. The molecular weight excluding hydrogens is 302 g/mol. The van der Waals surface area contributed by atoms with E-state index >= 15 is 0 Å².